The zero-order chi connectivity index (χ0) is 47.3. The second-order valence-corrected chi connectivity index (χ2v) is 19.7. The minimum atomic E-state index is -1.47. The Morgan fingerprint density at radius 1 is 0.419 bits per heavy atom. The first-order valence-electron chi connectivity index (χ1n) is 17.9. The first kappa shape index (κ1) is 57.4. The molecule has 0 aliphatic carbocycles. The van der Waals surface area contributed by atoms with Gasteiger partial charge in [-0.1, -0.05) is 0 Å². The molecule has 0 aromatic heterocycles. The van der Waals surface area contributed by atoms with Crippen molar-refractivity contribution < 1.29 is 74.7 Å². The molecular weight excluding hydrogens is 1510 g/mol. The zero-order valence-electron chi connectivity index (χ0n) is 32.6. The van der Waals surface area contributed by atoms with Crippen LogP contribution in [0.4, 0.5) is 11.4 Å². The van der Waals surface area contributed by atoms with E-state index in [-0.39, 0.29) is 68.1 Å². The van der Waals surface area contributed by atoms with Gasteiger partial charge in [0.2, 0.25) is 11.8 Å². The molecule has 0 aliphatic heterocycles. The lowest BCUT2D eigenvalue weighted by Gasteiger charge is -2.29. The van der Waals surface area contributed by atoms with Gasteiger partial charge in [0.25, 0.3) is 23.6 Å². The van der Waals surface area contributed by atoms with Crippen molar-refractivity contribution in [1.82, 2.24) is 21.3 Å². The molecule has 21 nitrogen and oxygen atoms in total. The van der Waals surface area contributed by atoms with Crippen LogP contribution in [0, 0.1) is 21.4 Å². The van der Waals surface area contributed by atoms with E-state index < -0.39 is 119 Å². The summed E-state index contributed by atoms with van der Waals surface area (Å²) < 4.78 is 0.846. The summed E-state index contributed by atoms with van der Waals surface area (Å²) in [7, 11) is 0. The van der Waals surface area contributed by atoms with Gasteiger partial charge in [0.1, 0.15) is 0 Å². The molecule has 0 saturated heterocycles. The zero-order valence-corrected chi connectivity index (χ0v) is 45.5. The summed E-state index contributed by atoms with van der Waals surface area (Å²) in [5.41, 5.74) is -0.338. The molecule has 2 aromatic carbocycles. The summed E-state index contributed by atoms with van der Waals surface area (Å²) in [5, 5.41) is 98.7. The lowest BCUT2D eigenvalue weighted by molar-refractivity contribution is -0.117. The lowest BCUT2D eigenvalue weighted by Crippen LogP contribution is -2.42. The van der Waals surface area contributed by atoms with Gasteiger partial charge in [-0.2, -0.15) is 0 Å². The van der Waals surface area contributed by atoms with Gasteiger partial charge in [0, 0.05) is 47.2 Å². The molecule has 13 N–H and O–H groups in total. The van der Waals surface area contributed by atoms with Gasteiger partial charge in [0.15, 0.2) is 0 Å². The van der Waals surface area contributed by atoms with Crippen molar-refractivity contribution in [3.63, 3.8) is 0 Å². The van der Waals surface area contributed by atoms with Crippen LogP contribution in [-0.2, 0) is 9.59 Å². The van der Waals surface area contributed by atoms with Gasteiger partial charge < -0.3 is 77.0 Å². The molecule has 0 aliphatic rings. The maximum Gasteiger partial charge on any atom is 0.253 e. The Kier molecular flexibility index (Phi) is 25.2. The molecule has 0 bridgehead atoms. The summed E-state index contributed by atoms with van der Waals surface area (Å²) in [6.45, 7) is -2.92. The third-order valence-corrected chi connectivity index (χ3v) is 14.8. The van der Waals surface area contributed by atoms with Crippen LogP contribution in [0.25, 0.3) is 0 Å². The molecule has 2 rings (SSSR count). The molecule has 346 valence electrons. The normalized spacial score (nSPS) is 13.6. The quantitative estimate of drug-likeness (QED) is 0.0592. The molecule has 0 spiro atoms. The van der Waals surface area contributed by atoms with Crippen molar-refractivity contribution in [3.05, 3.63) is 43.7 Å². The predicted molar refractivity (Wildman–Crippen MR) is 273 cm³/mol. The van der Waals surface area contributed by atoms with Crippen LogP contribution in [0.15, 0.2) is 0 Å². The Balaban J connectivity index is 2.57. The molecular formula is C35H44I6N6O15. The summed E-state index contributed by atoms with van der Waals surface area (Å²) >= 11 is 10.7. The number of nitrogens with one attached hydrogen (secondary N) is 4. The fourth-order valence-electron chi connectivity index (χ4n) is 5.26. The molecule has 0 saturated carbocycles. The minimum Gasteiger partial charge on any atom is -0.394 e. The van der Waals surface area contributed by atoms with E-state index in [9.17, 15) is 74.7 Å². The predicted octanol–water partition coefficient (Wildman–Crippen LogP) is -1.59. The largest absolute Gasteiger partial charge is 0.394 e. The number of anilines is 2. The van der Waals surface area contributed by atoms with E-state index in [1.54, 1.807) is 136 Å². The number of hydrogen-bond donors (Lipinski definition) is 13. The minimum absolute atomic E-state index is 0.0466. The van der Waals surface area contributed by atoms with Crippen molar-refractivity contribution >= 4 is 182 Å². The molecule has 0 fully saturated rings. The lowest BCUT2D eigenvalue weighted by atomic mass is 10.1. The van der Waals surface area contributed by atoms with Gasteiger partial charge in [0.05, 0.1) is 118 Å². The number of carbonyl (C=O) groups is 6. The van der Waals surface area contributed by atoms with Gasteiger partial charge >= 0.3 is 0 Å². The van der Waals surface area contributed by atoms with E-state index in [2.05, 4.69) is 21.3 Å². The first-order valence-corrected chi connectivity index (χ1v) is 24.4. The van der Waals surface area contributed by atoms with Crippen LogP contribution in [0.5, 0.6) is 0 Å². The van der Waals surface area contributed by atoms with E-state index in [1.165, 1.54) is 13.8 Å². The Morgan fingerprint density at radius 2 is 0.645 bits per heavy atom. The maximum absolute atomic E-state index is 13.9. The fraction of sp³-hybridized carbons (Fsp3) is 0.486. The van der Waals surface area contributed by atoms with Crippen molar-refractivity contribution in [3.8, 4) is 0 Å². The second-order valence-electron chi connectivity index (χ2n) is 13.2. The number of aliphatic hydroxyl groups excluding tert-OH is 9. The molecule has 6 amide bonds. The highest BCUT2D eigenvalue weighted by molar-refractivity contribution is 14.1. The van der Waals surface area contributed by atoms with E-state index in [4.69, 9.17) is 0 Å². The summed E-state index contributed by atoms with van der Waals surface area (Å²) in [5.74, 6) is -4.45. The Labute approximate surface area is 436 Å². The summed E-state index contributed by atoms with van der Waals surface area (Å²) in [4.78, 5) is 82.7. The van der Waals surface area contributed by atoms with Gasteiger partial charge in [-0.15, -0.1) is 0 Å². The highest BCUT2D eigenvalue weighted by Crippen LogP contribution is 2.40. The number of benzene rings is 2. The van der Waals surface area contributed by atoms with E-state index in [0.29, 0.717) is 0 Å². The SMILES string of the molecule is CC(=O)N(CC(O)CO)c1c(I)c(C(=O)NCC(O)CO)c(I)c(C(=O)NCC(O)CNC(=O)c2c(I)c(C(=O)NCC(O)CO)c(I)c(N(CC(O)CO)C(C)=O)c2I)c1I. The fourth-order valence-corrected chi connectivity index (χ4v) is 14.7. The van der Waals surface area contributed by atoms with Crippen LogP contribution < -0.4 is 31.1 Å². The Bertz CT molecular complexity index is 1860. The van der Waals surface area contributed by atoms with Crippen molar-refractivity contribution in [1.29, 1.82) is 0 Å². The van der Waals surface area contributed by atoms with Crippen molar-refractivity contribution in [2.24, 2.45) is 0 Å². The standard InChI is InChI=1S/C35H44I6N6O15/c1-13(52)46(7-18(57)11-50)30-26(38)20(24(36)22(28(30)40)34(61)44-5-16(55)9-48)32(59)42-3-15(54)4-43-33(60)21-25(37)23(35(62)45-6-17(56)10-49)29(41)31(27(21)39)47(14(2)53)8-19(58)12-51/h15-19,48-51,54-58H,3-12H2,1-2H3,(H,42,59)(H,43,60)(H,44,61)(H,45,62). The van der Waals surface area contributed by atoms with Crippen molar-refractivity contribution in [2.45, 2.75) is 44.4 Å². The van der Waals surface area contributed by atoms with E-state index >= 15 is 0 Å². The number of carbonyl (C=O) groups excluding carboxylic acids is 6. The number of halogens is 6. The highest BCUT2D eigenvalue weighted by atomic mass is 127. The summed E-state index contributed by atoms with van der Waals surface area (Å²) in [6, 6.07) is 0. The Hall–Kier alpha value is -0.720. The molecule has 4 unspecified atom stereocenters. The topological polar surface area (TPSA) is 339 Å². The van der Waals surface area contributed by atoms with E-state index in [0.717, 1.165) is 9.80 Å². The highest BCUT2D eigenvalue weighted by Gasteiger charge is 2.34. The smallest absolute Gasteiger partial charge is 0.253 e. The number of aliphatic hydroxyl groups is 9. The number of amides is 6. The van der Waals surface area contributed by atoms with Gasteiger partial charge in [-0.05, 0) is 136 Å². The number of hydrogen-bond acceptors (Lipinski definition) is 15. The molecule has 4 atom stereocenters. The monoisotopic (exact) mass is 1550 g/mol. The van der Waals surface area contributed by atoms with E-state index in [1.807, 2.05) is 0 Å². The van der Waals surface area contributed by atoms with Crippen LogP contribution in [0.1, 0.15) is 55.3 Å². The molecule has 2 aromatic rings. The van der Waals surface area contributed by atoms with Crippen LogP contribution in [0.2, 0.25) is 0 Å². The van der Waals surface area contributed by atoms with Crippen LogP contribution in [0.3, 0.4) is 0 Å². The number of rotatable bonds is 22. The third-order valence-electron chi connectivity index (χ3n) is 8.42. The van der Waals surface area contributed by atoms with Gasteiger partial charge in [-0.3, -0.25) is 28.8 Å². The van der Waals surface area contributed by atoms with Crippen LogP contribution in [-0.4, -0.2) is 178 Å². The van der Waals surface area contributed by atoms with Crippen molar-refractivity contribution in [2.75, 3.05) is 75.5 Å². The Morgan fingerprint density at radius 3 is 0.855 bits per heavy atom. The first-order chi connectivity index (χ1) is 29.0. The number of nitrogens with zero attached hydrogens (tertiary/aromatic N) is 2. The molecule has 62 heavy (non-hydrogen) atoms. The van der Waals surface area contributed by atoms with Crippen LogP contribution >= 0.6 is 136 Å². The average Bonchev–Trinajstić information content (AvgIpc) is 3.21. The summed E-state index contributed by atoms with van der Waals surface area (Å²) in [6.07, 6.45) is -6.88. The average molecular weight is 1550 g/mol. The molecule has 0 heterocycles. The third kappa shape index (κ3) is 15.2. The maximum atomic E-state index is 13.9. The van der Waals surface area contributed by atoms with Gasteiger partial charge in [-0.25, -0.2) is 0 Å². The second kappa shape index (κ2) is 27.2. The molecule has 0 radical (unpaired) electrons. The molecule has 27 heteroatoms.